The number of rotatable bonds is 6. The highest BCUT2D eigenvalue weighted by atomic mass is 19.4. The van der Waals surface area contributed by atoms with Crippen LogP contribution in [0.1, 0.15) is 6.92 Å². The number of anilines is 1. The number of urea groups is 1. The minimum Gasteiger partial charge on any atom is -0.463 e. The van der Waals surface area contributed by atoms with Gasteiger partial charge < -0.3 is 20.4 Å². The molecule has 3 N–H and O–H groups in total. The van der Waals surface area contributed by atoms with Crippen molar-refractivity contribution < 1.29 is 27.5 Å². The molecule has 1 aromatic rings. The Kier molecular flexibility index (Phi) is 6.41. The van der Waals surface area contributed by atoms with Gasteiger partial charge in [-0.1, -0.05) is 18.2 Å². The number of para-hydroxylation sites is 1. The third kappa shape index (κ3) is 4.51. The SMILES string of the molecule is CCOC(=O)[C@](NNc1ccccc1)(NC(=O)N(C)C)C(F)(F)F. The van der Waals surface area contributed by atoms with Crippen molar-refractivity contribution in [1.29, 1.82) is 0 Å². The lowest BCUT2D eigenvalue weighted by Crippen LogP contribution is -2.74. The highest BCUT2D eigenvalue weighted by Crippen LogP contribution is 2.30. The van der Waals surface area contributed by atoms with E-state index in [-0.39, 0.29) is 12.3 Å². The summed E-state index contributed by atoms with van der Waals surface area (Å²) in [5.41, 5.74) is 0.924. The molecule has 0 aromatic heterocycles. The second-order valence-electron chi connectivity index (χ2n) is 4.91. The monoisotopic (exact) mass is 348 g/mol. The van der Waals surface area contributed by atoms with Crippen LogP contribution in [0.3, 0.4) is 0 Å². The summed E-state index contributed by atoms with van der Waals surface area (Å²) in [4.78, 5) is 24.6. The van der Waals surface area contributed by atoms with E-state index in [1.54, 1.807) is 23.5 Å². The van der Waals surface area contributed by atoms with Crippen LogP contribution in [0.25, 0.3) is 0 Å². The van der Waals surface area contributed by atoms with Crippen molar-refractivity contribution in [3.63, 3.8) is 0 Å². The smallest absolute Gasteiger partial charge is 0.438 e. The van der Waals surface area contributed by atoms with E-state index < -0.39 is 23.8 Å². The zero-order valence-electron chi connectivity index (χ0n) is 13.4. The summed E-state index contributed by atoms with van der Waals surface area (Å²) >= 11 is 0. The molecule has 0 saturated carbocycles. The number of hydrogen-bond donors (Lipinski definition) is 3. The largest absolute Gasteiger partial charge is 0.463 e. The standard InChI is InChI=1S/C14H19F3N4O3/c1-4-24-11(22)13(14(15,16)17,18-12(23)21(2)3)20-19-10-8-6-5-7-9-10/h5-9,19-20H,4H2,1-3H3,(H,18,23)/t13-/m1/s1. The summed E-state index contributed by atoms with van der Waals surface area (Å²) in [6.07, 6.45) is -5.17. The molecule has 24 heavy (non-hydrogen) atoms. The fourth-order valence-electron chi connectivity index (χ4n) is 1.59. The topological polar surface area (TPSA) is 82.7 Å². The molecule has 0 bridgehead atoms. The zero-order chi connectivity index (χ0) is 18.4. The molecule has 1 rings (SSSR count). The highest BCUT2D eigenvalue weighted by molar-refractivity contribution is 5.88. The number of esters is 1. The lowest BCUT2D eigenvalue weighted by Gasteiger charge is -2.35. The van der Waals surface area contributed by atoms with Gasteiger partial charge in [0.15, 0.2) is 0 Å². The number of ether oxygens (including phenoxy) is 1. The second kappa shape index (κ2) is 7.86. The number of benzene rings is 1. The fraction of sp³-hybridized carbons (Fsp3) is 0.429. The molecule has 0 radical (unpaired) electrons. The molecule has 0 saturated heterocycles. The van der Waals surface area contributed by atoms with Crippen LogP contribution in [-0.2, 0) is 9.53 Å². The van der Waals surface area contributed by atoms with Gasteiger partial charge in [-0.3, -0.25) is 0 Å². The van der Waals surface area contributed by atoms with E-state index in [2.05, 4.69) is 10.2 Å². The van der Waals surface area contributed by atoms with E-state index in [0.717, 1.165) is 4.90 Å². The van der Waals surface area contributed by atoms with Gasteiger partial charge in [-0.25, -0.2) is 9.59 Å². The molecule has 7 nitrogen and oxygen atoms in total. The van der Waals surface area contributed by atoms with Crippen LogP contribution in [0.4, 0.5) is 23.7 Å². The van der Waals surface area contributed by atoms with Crippen molar-refractivity contribution in [2.75, 3.05) is 26.1 Å². The van der Waals surface area contributed by atoms with Crippen LogP contribution in [0.5, 0.6) is 0 Å². The Labute approximate surface area is 137 Å². The molecule has 10 heteroatoms. The summed E-state index contributed by atoms with van der Waals surface area (Å²) in [6.45, 7) is 1.07. The van der Waals surface area contributed by atoms with Crippen molar-refractivity contribution >= 4 is 17.7 Å². The molecule has 134 valence electrons. The Morgan fingerprint density at radius 2 is 1.75 bits per heavy atom. The summed E-state index contributed by atoms with van der Waals surface area (Å²) < 4.78 is 45.4. The van der Waals surface area contributed by atoms with Gasteiger partial charge in [0.1, 0.15) is 0 Å². The molecule has 0 aliphatic heterocycles. The van der Waals surface area contributed by atoms with Gasteiger partial charge in [0.2, 0.25) is 0 Å². The molecular weight excluding hydrogens is 329 g/mol. The molecule has 0 fully saturated rings. The summed E-state index contributed by atoms with van der Waals surface area (Å²) in [6, 6.07) is 6.67. The minimum absolute atomic E-state index is 0.259. The van der Waals surface area contributed by atoms with Crippen LogP contribution in [0.15, 0.2) is 30.3 Å². The molecule has 0 heterocycles. The van der Waals surface area contributed by atoms with Gasteiger partial charge in [0.05, 0.1) is 6.61 Å². The molecule has 0 aliphatic rings. The Bertz CT molecular complexity index is 566. The number of amides is 2. The first-order valence-corrected chi connectivity index (χ1v) is 6.95. The minimum atomic E-state index is -5.17. The first-order chi connectivity index (χ1) is 11.1. The highest BCUT2D eigenvalue weighted by Gasteiger charge is 2.63. The lowest BCUT2D eigenvalue weighted by molar-refractivity contribution is -0.217. The molecule has 1 aromatic carbocycles. The van der Waals surface area contributed by atoms with E-state index in [1.807, 2.05) is 5.43 Å². The van der Waals surface area contributed by atoms with Gasteiger partial charge in [0.25, 0.3) is 0 Å². The Balaban J connectivity index is 3.18. The second-order valence-corrected chi connectivity index (χ2v) is 4.91. The Morgan fingerprint density at radius 1 is 1.17 bits per heavy atom. The fourth-order valence-corrected chi connectivity index (χ4v) is 1.59. The number of hydrazine groups is 1. The number of carbonyl (C=O) groups is 2. The number of nitrogens with zero attached hydrogens (tertiary/aromatic N) is 1. The number of hydrogen-bond acceptors (Lipinski definition) is 5. The number of halogens is 3. The quantitative estimate of drug-likeness (QED) is 0.414. The first kappa shape index (κ1) is 19.6. The van der Waals surface area contributed by atoms with Crippen LogP contribution >= 0.6 is 0 Å². The van der Waals surface area contributed by atoms with Crippen molar-refractivity contribution in [2.45, 2.75) is 18.8 Å². The average Bonchev–Trinajstić information content (AvgIpc) is 2.51. The summed E-state index contributed by atoms with van der Waals surface area (Å²) in [5, 5.41) is 1.64. The van der Waals surface area contributed by atoms with Gasteiger partial charge in [0, 0.05) is 19.8 Å². The first-order valence-electron chi connectivity index (χ1n) is 6.95. The van der Waals surface area contributed by atoms with Crippen LogP contribution < -0.4 is 16.2 Å². The maximum atomic E-state index is 13.6. The molecule has 2 amide bonds. The van der Waals surface area contributed by atoms with Crippen LogP contribution in [-0.4, -0.2) is 49.4 Å². The average molecular weight is 348 g/mol. The number of alkyl halides is 3. The molecule has 0 spiro atoms. The summed E-state index contributed by atoms with van der Waals surface area (Å²) in [7, 11) is 2.48. The van der Waals surface area contributed by atoms with Crippen LogP contribution in [0.2, 0.25) is 0 Å². The predicted molar refractivity (Wildman–Crippen MR) is 80.8 cm³/mol. The molecule has 0 unspecified atom stereocenters. The van der Waals surface area contributed by atoms with Crippen molar-refractivity contribution in [3.05, 3.63) is 30.3 Å². The van der Waals surface area contributed by atoms with E-state index in [4.69, 9.17) is 0 Å². The van der Waals surface area contributed by atoms with Gasteiger partial charge >= 0.3 is 23.8 Å². The van der Waals surface area contributed by atoms with E-state index in [0.29, 0.717) is 0 Å². The maximum Gasteiger partial charge on any atom is 0.438 e. The summed E-state index contributed by atoms with van der Waals surface area (Å²) in [5.74, 6) is -1.68. The van der Waals surface area contributed by atoms with Crippen molar-refractivity contribution in [1.82, 2.24) is 15.6 Å². The maximum absolute atomic E-state index is 13.6. The predicted octanol–water partition coefficient (Wildman–Crippen LogP) is 1.70. The molecule has 0 aliphatic carbocycles. The lowest BCUT2D eigenvalue weighted by atomic mass is 10.1. The van der Waals surface area contributed by atoms with Crippen LogP contribution in [0, 0.1) is 0 Å². The van der Waals surface area contributed by atoms with Crippen molar-refractivity contribution in [3.8, 4) is 0 Å². The van der Waals surface area contributed by atoms with E-state index >= 15 is 0 Å². The Hall–Kier alpha value is -2.49. The third-order valence-corrected chi connectivity index (χ3v) is 2.88. The van der Waals surface area contributed by atoms with E-state index in [9.17, 15) is 22.8 Å². The number of carbonyl (C=O) groups excluding carboxylic acids is 2. The Morgan fingerprint density at radius 3 is 2.21 bits per heavy atom. The zero-order valence-corrected chi connectivity index (χ0v) is 13.4. The van der Waals surface area contributed by atoms with Crippen molar-refractivity contribution in [2.24, 2.45) is 0 Å². The molecular formula is C14H19F3N4O3. The molecule has 1 atom stereocenters. The van der Waals surface area contributed by atoms with Gasteiger partial charge in [-0.2, -0.15) is 18.6 Å². The third-order valence-electron chi connectivity index (χ3n) is 2.88. The number of nitrogens with one attached hydrogen (secondary N) is 3. The normalized spacial score (nSPS) is 13.6. The van der Waals surface area contributed by atoms with Gasteiger partial charge in [-0.15, -0.1) is 0 Å². The van der Waals surface area contributed by atoms with E-state index in [1.165, 1.54) is 33.2 Å². The van der Waals surface area contributed by atoms with Gasteiger partial charge in [-0.05, 0) is 19.1 Å².